The molecular formula is C25H25BrN6O. The van der Waals surface area contributed by atoms with Gasteiger partial charge in [-0.1, -0.05) is 41.1 Å². The van der Waals surface area contributed by atoms with Gasteiger partial charge in [-0.25, -0.2) is 14.6 Å². The monoisotopic (exact) mass is 504 g/mol. The molecule has 1 saturated heterocycles. The average molecular weight is 505 g/mol. The molecule has 33 heavy (non-hydrogen) atoms. The molecule has 0 radical (unpaired) electrons. The van der Waals surface area contributed by atoms with Crippen LogP contribution < -0.4 is 4.90 Å². The Bertz CT molecular complexity index is 1260. The number of nitrogens with zero attached hydrogens (tertiary/aromatic N) is 6. The Morgan fingerprint density at radius 3 is 2.39 bits per heavy atom. The molecule has 0 spiro atoms. The third kappa shape index (κ3) is 4.35. The first-order valence-corrected chi connectivity index (χ1v) is 12.0. The van der Waals surface area contributed by atoms with Crippen molar-refractivity contribution in [2.45, 2.75) is 19.8 Å². The molecule has 0 N–H and O–H groups in total. The molecule has 8 heteroatoms. The number of benzene rings is 2. The molecule has 0 bridgehead atoms. The van der Waals surface area contributed by atoms with E-state index in [1.807, 2.05) is 70.4 Å². The van der Waals surface area contributed by atoms with Crippen molar-refractivity contribution in [3.8, 4) is 5.69 Å². The fourth-order valence-corrected chi connectivity index (χ4v) is 4.43. The number of anilines is 1. The largest absolute Gasteiger partial charge is 0.352 e. The maximum atomic E-state index is 12.9. The SMILES string of the molecule is CCCc1nc(N2CCN(C(=O)c3ccc(Br)cc3)CC2)c2cnn(-c3ccccc3)c2n1. The van der Waals surface area contributed by atoms with Crippen molar-refractivity contribution < 1.29 is 4.79 Å². The molecular weight excluding hydrogens is 480 g/mol. The zero-order valence-electron chi connectivity index (χ0n) is 18.5. The summed E-state index contributed by atoms with van der Waals surface area (Å²) in [5, 5.41) is 5.57. The highest BCUT2D eigenvalue weighted by atomic mass is 79.9. The van der Waals surface area contributed by atoms with Gasteiger partial charge < -0.3 is 9.80 Å². The van der Waals surface area contributed by atoms with Crippen LogP contribution in [0.25, 0.3) is 16.7 Å². The lowest BCUT2D eigenvalue weighted by Gasteiger charge is -2.35. The molecule has 3 heterocycles. The minimum absolute atomic E-state index is 0.0681. The highest BCUT2D eigenvalue weighted by Crippen LogP contribution is 2.27. The Balaban J connectivity index is 1.42. The highest BCUT2D eigenvalue weighted by Gasteiger charge is 2.25. The van der Waals surface area contributed by atoms with Gasteiger partial charge in [-0.15, -0.1) is 0 Å². The van der Waals surface area contributed by atoms with E-state index in [9.17, 15) is 4.79 Å². The highest BCUT2D eigenvalue weighted by molar-refractivity contribution is 9.10. The van der Waals surface area contributed by atoms with Crippen LogP contribution in [0.5, 0.6) is 0 Å². The van der Waals surface area contributed by atoms with E-state index in [0.29, 0.717) is 18.7 Å². The predicted molar refractivity (Wildman–Crippen MR) is 133 cm³/mol. The maximum Gasteiger partial charge on any atom is 0.253 e. The number of amides is 1. The summed E-state index contributed by atoms with van der Waals surface area (Å²) in [7, 11) is 0. The van der Waals surface area contributed by atoms with Gasteiger partial charge in [-0.2, -0.15) is 5.10 Å². The van der Waals surface area contributed by atoms with Crippen LogP contribution in [0, 0.1) is 0 Å². The molecule has 1 aliphatic heterocycles. The van der Waals surface area contributed by atoms with E-state index in [-0.39, 0.29) is 5.91 Å². The van der Waals surface area contributed by atoms with Gasteiger partial charge in [0.2, 0.25) is 0 Å². The Labute approximate surface area is 201 Å². The van der Waals surface area contributed by atoms with Crippen molar-refractivity contribution in [2.24, 2.45) is 0 Å². The van der Waals surface area contributed by atoms with Crippen LogP contribution in [-0.2, 0) is 6.42 Å². The van der Waals surface area contributed by atoms with Crippen molar-refractivity contribution in [2.75, 3.05) is 31.1 Å². The van der Waals surface area contributed by atoms with Gasteiger partial charge >= 0.3 is 0 Å². The third-order valence-electron chi connectivity index (χ3n) is 5.89. The Morgan fingerprint density at radius 2 is 1.70 bits per heavy atom. The molecule has 1 amide bonds. The number of carbonyl (C=O) groups is 1. The number of rotatable bonds is 5. The van der Waals surface area contributed by atoms with E-state index in [1.54, 1.807) is 0 Å². The molecule has 2 aromatic heterocycles. The van der Waals surface area contributed by atoms with Gasteiger partial charge in [0.05, 0.1) is 17.3 Å². The lowest BCUT2D eigenvalue weighted by molar-refractivity contribution is 0.0746. The normalized spacial score (nSPS) is 14.1. The molecule has 4 aromatic rings. The molecule has 1 fully saturated rings. The van der Waals surface area contributed by atoms with E-state index in [2.05, 4.69) is 32.9 Å². The van der Waals surface area contributed by atoms with Crippen molar-refractivity contribution in [3.63, 3.8) is 0 Å². The summed E-state index contributed by atoms with van der Waals surface area (Å²) in [4.78, 5) is 26.8. The molecule has 1 aliphatic rings. The summed E-state index contributed by atoms with van der Waals surface area (Å²) in [6, 6.07) is 17.6. The second-order valence-corrected chi connectivity index (χ2v) is 9.04. The minimum atomic E-state index is 0.0681. The topological polar surface area (TPSA) is 67.2 Å². The summed E-state index contributed by atoms with van der Waals surface area (Å²) in [6.07, 6.45) is 3.64. The van der Waals surface area contributed by atoms with Gasteiger partial charge in [-0.05, 0) is 42.8 Å². The first-order chi connectivity index (χ1) is 16.1. The van der Waals surface area contributed by atoms with E-state index in [0.717, 1.165) is 58.8 Å². The Kier molecular flexibility index (Phi) is 6.09. The Hall–Kier alpha value is -3.26. The van der Waals surface area contributed by atoms with Crippen LogP contribution >= 0.6 is 15.9 Å². The van der Waals surface area contributed by atoms with E-state index in [1.165, 1.54) is 0 Å². The number of piperazine rings is 1. The summed E-state index contributed by atoms with van der Waals surface area (Å²) < 4.78 is 2.85. The summed E-state index contributed by atoms with van der Waals surface area (Å²) in [5.41, 5.74) is 2.51. The number of aryl methyl sites for hydroxylation is 1. The fraction of sp³-hybridized carbons (Fsp3) is 0.280. The molecule has 0 atom stereocenters. The quantitative estimate of drug-likeness (QED) is 0.400. The first-order valence-electron chi connectivity index (χ1n) is 11.2. The molecule has 168 valence electrons. The van der Waals surface area contributed by atoms with Crippen molar-refractivity contribution in [1.82, 2.24) is 24.6 Å². The lowest BCUT2D eigenvalue weighted by Crippen LogP contribution is -2.49. The smallest absolute Gasteiger partial charge is 0.253 e. The van der Waals surface area contributed by atoms with E-state index < -0.39 is 0 Å². The van der Waals surface area contributed by atoms with E-state index >= 15 is 0 Å². The first kappa shape index (κ1) is 21.6. The number of hydrogen-bond donors (Lipinski definition) is 0. The number of para-hydroxylation sites is 1. The third-order valence-corrected chi connectivity index (χ3v) is 6.42. The molecule has 0 unspecified atom stereocenters. The van der Waals surface area contributed by atoms with Crippen LogP contribution in [0.15, 0.2) is 65.3 Å². The standard InChI is InChI=1S/C25H25BrN6O/c1-2-6-22-28-23(21-17-27-32(24(21)29-22)20-7-4-3-5-8-20)30-13-15-31(16-14-30)25(33)18-9-11-19(26)12-10-18/h3-5,7-12,17H,2,6,13-16H2,1H3. The number of hydrogen-bond acceptors (Lipinski definition) is 5. The Morgan fingerprint density at radius 1 is 0.970 bits per heavy atom. The maximum absolute atomic E-state index is 12.9. The van der Waals surface area contributed by atoms with Crippen molar-refractivity contribution >= 4 is 38.7 Å². The average Bonchev–Trinajstić information content (AvgIpc) is 3.28. The lowest BCUT2D eigenvalue weighted by atomic mass is 10.2. The van der Waals surface area contributed by atoms with Gasteiger partial charge in [-0.3, -0.25) is 4.79 Å². The molecule has 2 aromatic carbocycles. The van der Waals surface area contributed by atoms with Crippen molar-refractivity contribution in [3.05, 3.63) is 76.7 Å². The zero-order chi connectivity index (χ0) is 22.8. The second-order valence-electron chi connectivity index (χ2n) is 8.13. The summed E-state index contributed by atoms with van der Waals surface area (Å²) in [6.45, 7) is 4.87. The number of carbonyl (C=O) groups excluding carboxylic acids is 1. The van der Waals surface area contributed by atoms with Gasteiger partial charge in [0.25, 0.3) is 5.91 Å². The fourth-order valence-electron chi connectivity index (χ4n) is 4.17. The van der Waals surface area contributed by atoms with Gasteiger partial charge in [0.1, 0.15) is 11.6 Å². The minimum Gasteiger partial charge on any atom is -0.352 e. The second kappa shape index (κ2) is 9.31. The predicted octanol–water partition coefficient (Wildman–Crippen LogP) is 4.49. The van der Waals surface area contributed by atoms with Crippen LogP contribution in [0.3, 0.4) is 0 Å². The van der Waals surface area contributed by atoms with Crippen LogP contribution in [0.2, 0.25) is 0 Å². The van der Waals surface area contributed by atoms with Crippen LogP contribution in [0.1, 0.15) is 29.5 Å². The molecule has 0 aliphatic carbocycles. The number of fused-ring (bicyclic) bond motifs is 1. The van der Waals surface area contributed by atoms with Crippen molar-refractivity contribution in [1.29, 1.82) is 0 Å². The number of halogens is 1. The molecule has 0 saturated carbocycles. The van der Waals surface area contributed by atoms with Crippen LogP contribution in [-0.4, -0.2) is 56.7 Å². The summed E-state index contributed by atoms with van der Waals surface area (Å²) >= 11 is 3.43. The molecule has 7 nitrogen and oxygen atoms in total. The van der Waals surface area contributed by atoms with Gasteiger partial charge in [0.15, 0.2) is 5.65 Å². The van der Waals surface area contributed by atoms with Crippen LogP contribution in [0.4, 0.5) is 5.82 Å². The number of aromatic nitrogens is 4. The summed E-state index contributed by atoms with van der Waals surface area (Å²) in [5.74, 6) is 1.80. The van der Waals surface area contributed by atoms with Gasteiger partial charge in [0, 0.05) is 42.6 Å². The molecule has 5 rings (SSSR count). The zero-order valence-corrected chi connectivity index (χ0v) is 20.1. The van der Waals surface area contributed by atoms with E-state index in [4.69, 9.17) is 9.97 Å².